The van der Waals surface area contributed by atoms with Gasteiger partial charge in [0.05, 0.1) is 4.90 Å². The minimum Gasteiger partial charge on any atom is -0.353 e. The molecule has 0 atom stereocenters. The molecule has 0 aromatic heterocycles. The number of amides is 1. The first-order chi connectivity index (χ1) is 11.7. The fourth-order valence-electron chi connectivity index (χ4n) is 3.53. The van der Waals surface area contributed by atoms with Crippen LogP contribution in [0.2, 0.25) is 0 Å². The Morgan fingerprint density at radius 3 is 2.24 bits per heavy atom. The van der Waals surface area contributed by atoms with Gasteiger partial charge in [-0.25, -0.2) is 13.1 Å². The summed E-state index contributed by atoms with van der Waals surface area (Å²) < 4.78 is 27.6. The molecule has 4 N–H and O–H groups in total. The largest absolute Gasteiger partial charge is 0.353 e. The molecule has 0 spiro atoms. The van der Waals surface area contributed by atoms with Crippen molar-refractivity contribution in [2.45, 2.75) is 69.9 Å². The molecule has 6 nitrogen and oxygen atoms in total. The Bertz CT molecular complexity index is 700. The van der Waals surface area contributed by atoms with Crippen LogP contribution in [-0.2, 0) is 14.8 Å². The summed E-state index contributed by atoms with van der Waals surface area (Å²) in [5.41, 5.74) is 8.32. The summed E-state index contributed by atoms with van der Waals surface area (Å²) in [6.45, 7) is 5.60. The Morgan fingerprint density at radius 1 is 1.12 bits per heavy atom. The highest BCUT2D eigenvalue weighted by atomic mass is 32.2. The van der Waals surface area contributed by atoms with Crippen molar-refractivity contribution in [3.05, 3.63) is 28.8 Å². The maximum Gasteiger partial charge on any atom is 0.241 e. The maximum absolute atomic E-state index is 12.5. The molecular weight excluding hydrogens is 338 g/mol. The van der Waals surface area contributed by atoms with Crippen LogP contribution >= 0.6 is 0 Å². The van der Waals surface area contributed by atoms with Crippen molar-refractivity contribution in [3.63, 3.8) is 0 Å². The molecule has 1 aliphatic rings. The van der Waals surface area contributed by atoms with E-state index in [1.807, 2.05) is 19.1 Å². The van der Waals surface area contributed by atoms with Gasteiger partial charge >= 0.3 is 0 Å². The highest BCUT2D eigenvalue weighted by Gasteiger charge is 2.22. The number of nitrogens with one attached hydrogen (secondary N) is 2. The van der Waals surface area contributed by atoms with Gasteiger partial charge in [-0.2, -0.15) is 0 Å². The van der Waals surface area contributed by atoms with Gasteiger partial charge in [-0.15, -0.1) is 0 Å². The first-order valence-electron chi connectivity index (χ1n) is 8.81. The second-order valence-electron chi connectivity index (χ2n) is 7.05. The summed E-state index contributed by atoms with van der Waals surface area (Å²) >= 11 is 0. The molecular formula is C18H29N3O3S. The van der Waals surface area contributed by atoms with Gasteiger partial charge in [0.15, 0.2) is 0 Å². The molecule has 1 aliphatic carbocycles. The number of carbonyl (C=O) groups excluding carboxylic acids is 1. The van der Waals surface area contributed by atoms with Crippen LogP contribution in [-0.4, -0.2) is 33.0 Å². The number of rotatable bonds is 6. The Kier molecular flexibility index (Phi) is 6.59. The molecule has 25 heavy (non-hydrogen) atoms. The maximum atomic E-state index is 12.5. The summed E-state index contributed by atoms with van der Waals surface area (Å²) in [5.74, 6) is -0.125. The van der Waals surface area contributed by atoms with Crippen molar-refractivity contribution < 1.29 is 13.2 Å². The summed E-state index contributed by atoms with van der Waals surface area (Å²) in [5, 5.41) is 2.97. The Balaban J connectivity index is 1.87. The van der Waals surface area contributed by atoms with Gasteiger partial charge in [-0.05, 0) is 57.6 Å². The lowest BCUT2D eigenvalue weighted by Crippen LogP contribution is -2.41. The molecule has 0 heterocycles. The van der Waals surface area contributed by atoms with Gasteiger partial charge in [0, 0.05) is 25.0 Å². The van der Waals surface area contributed by atoms with Gasteiger partial charge < -0.3 is 11.1 Å². The van der Waals surface area contributed by atoms with Gasteiger partial charge in [0.1, 0.15) is 0 Å². The number of aryl methyl sites for hydroxylation is 3. The van der Waals surface area contributed by atoms with Gasteiger partial charge in [0.25, 0.3) is 0 Å². The fourth-order valence-corrected chi connectivity index (χ4v) is 5.01. The van der Waals surface area contributed by atoms with Crippen LogP contribution in [0.15, 0.2) is 17.0 Å². The van der Waals surface area contributed by atoms with Crippen LogP contribution in [0, 0.1) is 20.8 Å². The predicted molar refractivity (Wildman–Crippen MR) is 98.8 cm³/mol. The zero-order valence-electron chi connectivity index (χ0n) is 15.3. The Hall–Kier alpha value is -1.44. The van der Waals surface area contributed by atoms with Crippen LogP contribution < -0.4 is 15.8 Å². The second-order valence-corrected chi connectivity index (χ2v) is 8.76. The first kappa shape index (κ1) is 19.9. The van der Waals surface area contributed by atoms with Crippen molar-refractivity contribution in [1.82, 2.24) is 10.0 Å². The van der Waals surface area contributed by atoms with E-state index in [-0.39, 0.29) is 31.0 Å². The molecule has 1 aromatic rings. The van der Waals surface area contributed by atoms with E-state index in [0.29, 0.717) is 16.0 Å². The number of sulfonamides is 1. The van der Waals surface area contributed by atoms with Crippen LogP contribution in [0.1, 0.15) is 48.8 Å². The van der Waals surface area contributed by atoms with Crippen molar-refractivity contribution in [2.75, 3.05) is 6.54 Å². The van der Waals surface area contributed by atoms with Crippen molar-refractivity contribution in [3.8, 4) is 0 Å². The standard InChI is InChI=1S/C18H29N3O3S/c1-12-10-13(2)18(14(3)11-12)25(23,24)20-9-8-17(22)21-16-6-4-15(19)5-7-16/h10-11,15-16,20H,4-9,19H2,1-3H3,(H,21,22). The van der Waals surface area contributed by atoms with E-state index in [1.165, 1.54) is 0 Å². The lowest BCUT2D eigenvalue weighted by Gasteiger charge is -2.26. The average Bonchev–Trinajstić information content (AvgIpc) is 2.48. The Morgan fingerprint density at radius 2 is 1.68 bits per heavy atom. The van der Waals surface area contributed by atoms with Crippen LogP contribution in [0.25, 0.3) is 0 Å². The average molecular weight is 368 g/mol. The molecule has 0 bridgehead atoms. The zero-order chi connectivity index (χ0) is 18.6. The van der Waals surface area contributed by atoms with E-state index < -0.39 is 10.0 Å². The van der Waals surface area contributed by atoms with Gasteiger partial charge in [-0.1, -0.05) is 17.7 Å². The molecule has 2 rings (SSSR count). The van der Waals surface area contributed by atoms with Gasteiger partial charge in [-0.3, -0.25) is 4.79 Å². The van der Waals surface area contributed by atoms with Crippen molar-refractivity contribution in [2.24, 2.45) is 5.73 Å². The molecule has 0 unspecified atom stereocenters. The van der Waals surface area contributed by atoms with Gasteiger partial charge in [0.2, 0.25) is 15.9 Å². The lowest BCUT2D eigenvalue weighted by molar-refractivity contribution is -0.121. The molecule has 1 aromatic carbocycles. The normalized spacial score (nSPS) is 21.1. The minimum atomic E-state index is -3.62. The molecule has 0 radical (unpaired) electrons. The van der Waals surface area contributed by atoms with E-state index in [0.717, 1.165) is 31.2 Å². The minimum absolute atomic E-state index is 0.0904. The van der Waals surface area contributed by atoms with Crippen molar-refractivity contribution in [1.29, 1.82) is 0 Å². The monoisotopic (exact) mass is 367 g/mol. The summed E-state index contributed by atoms with van der Waals surface area (Å²) in [7, 11) is -3.62. The smallest absolute Gasteiger partial charge is 0.241 e. The number of hydrogen-bond acceptors (Lipinski definition) is 4. The number of carbonyl (C=O) groups is 1. The quantitative estimate of drug-likeness (QED) is 0.712. The third kappa shape index (κ3) is 5.52. The SMILES string of the molecule is Cc1cc(C)c(S(=O)(=O)NCCC(=O)NC2CCC(N)CC2)c(C)c1. The predicted octanol–water partition coefficient (Wildman–Crippen LogP) is 1.67. The molecule has 140 valence electrons. The molecule has 0 saturated heterocycles. The third-order valence-electron chi connectivity index (χ3n) is 4.65. The summed E-state index contributed by atoms with van der Waals surface area (Å²) in [4.78, 5) is 12.3. The molecule has 1 fully saturated rings. The van der Waals surface area contributed by atoms with Crippen LogP contribution in [0.5, 0.6) is 0 Å². The molecule has 1 saturated carbocycles. The number of benzene rings is 1. The molecule has 0 aliphatic heterocycles. The van der Waals surface area contributed by atoms with E-state index in [2.05, 4.69) is 10.0 Å². The van der Waals surface area contributed by atoms with Crippen LogP contribution in [0.3, 0.4) is 0 Å². The third-order valence-corrected chi connectivity index (χ3v) is 6.42. The molecule has 7 heteroatoms. The second kappa shape index (κ2) is 8.29. The highest BCUT2D eigenvalue weighted by molar-refractivity contribution is 7.89. The highest BCUT2D eigenvalue weighted by Crippen LogP contribution is 2.21. The van der Waals surface area contributed by atoms with E-state index >= 15 is 0 Å². The Labute approximate surface area is 150 Å². The number of hydrogen-bond donors (Lipinski definition) is 3. The first-order valence-corrected chi connectivity index (χ1v) is 10.3. The zero-order valence-corrected chi connectivity index (χ0v) is 16.1. The van der Waals surface area contributed by atoms with E-state index in [4.69, 9.17) is 5.73 Å². The van der Waals surface area contributed by atoms with Crippen molar-refractivity contribution >= 4 is 15.9 Å². The summed E-state index contributed by atoms with van der Waals surface area (Å²) in [6.07, 6.45) is 3.75. The number of nitrogens with two attached hydrogens (primary N) is 1. The van der Waals surface area contributed by atoms with Crippen LogP contribution in [0.4, 0.5) is 0 Å². The summed E-state index contributed by atoms with van der Waals surface area (Å²) in [6, 6.07) is 4.09. The fraction of sp³-hybridized carbons (Fsp3) is 0.611. The van der Waals surface area contributed by atoms with E-state index in [1.54, 1.807) is 13.8 Å². The van der Waals surface area contributed by atoms with E-state index in [9.17, 15) is 13.2 Å². The topological polar surface area (TPSA) is 101 Å². The molecule has 1 amide bonds. The lowest BCUT2D eigenvalue weighted by atomic mass is 9.92.